The van der Waals surface area contributed by atoms with Crippen LogP contribution in [0, 0.1) is 5.82 Å². The number of rotatable bonds is 4. The lowest BCUT2D eigenvalue weighted by Crippen LogP contribution is -2.11. The molecule has 1 unspecified atom stereocenters. The molecule has 21 heavy (non-hydrogen) atoms. The van der Waals surface area contributed by atoms with E-state index in [1.54, 1.807) is 24.3 Å². The molecule has 0 spiro atoms. The summed E-state index contributed by atoms with van der Waals surface area (Å²) in [5.74, 6) is -1.01. The van der Waals surface area contributed by atoms with Crippen molar-refractivity contribution in [3.63, 3.8) is 0 Å². The Balaban J connectivity index is 2.19. The largest absolute Gasteiger partial charge is 0.378 e. The fourth-order valence-corrected chi connectivity index (χ4v) is 2.48. The molecule has 0 heterocycles. The Morgan fingerprint density at radius 2 is 1.81 bits per heavy atom. The van der Waals surface area contributed by atoms with Crippen molar-refractivity contribution in [3.8, 4) is 0 Å². The third kappa shape index (κ3) is 3.65. The maximum Gasteiger partial charge on any atom is 0.248 e. The fourth-order valence-electron chi connectivity index (χ4n) is 1.93. The number of carbonyl (C=O) groups is 1. The highest BCUT2D eigenvalue weighted by Crippen LogP contribution is 2.30. The Bertz CT molecular complexity index is 674. The van der Waals surface area contributed by atoms with Crippen LogP contribution >= 0.6 is 23.2 Å². The molecule has 0 saturated carbocycles. The monoisotopic (exact) mass is 326 g/mol. The van der Waals surface area contributed by atoms with Crippen LogP contribution in [0.15, 0.2) is 36.4 Å². The second-order valence-electron chi connectivity index (χ2n) is 4.60. The highest BCUT2D eigenvalue weighted by atomic mass is 35.5. The molecule has 0 aromatic heterocycles. The van der Waals surface area contributed by atoms with E-state index in [9.17, 15) is 9.18 Å². The van der Waals surface area contributed by atoms with Crippen LogP contribution in [0.3, 0.4) is 0 Å². The lowest BCUT2D eigenvalue weighted by atomic mass is 10.1. The predicted molar refractivity (Wildman–Crippen MR) is 83.4 cm³/mol. The minimum atomic E-state index is -0.520. The number of hydrogen-bond acceptors (Lipinski definition) is 2. The molecular weight excluding hydrogens is 314 g/mol. The number of hydrogen-bond donors (Lipinski definition) is 2. The number of nitrogens with one attached hydrogen (secondary N) is 1. The highest BCUT2D eigenvalue weighted by molar-refractivity contribution is 6.35. The Morgan fingerprint density at radius 3 is 2.38 bits per heavy atom. The summed E-state index contributed by atoms with van der Waals surface area (Å²) in [4.78, 5) is 11.0. The molecular formula is C15H13Cl2FN2O. The third-order valence-electron chi connectivity index (χ3n) is 3.06. The van der Waals surface area contributed by atoms with Crippen molar-refractivity contribution < 1.29 is 9.18 Å². The molecule has 0 aliphatic carbocycles. The molecule has 1 amide bonds. The SMILES string of the molecule is CC(Nc1ccc(C(N)=O)cc1)c1cc(F)c(Cl)cc1Cl. The molecule has 3 N–H and O–H groups in total. The zero-order valence-electron chi connectivity index (χ0n) is 11.2. The molecule has 0 aliphatic rings. The average Bonchev–Trinajstić information content (AvgIpc) is 2.43. The van der Waals surface area contributed by atoms with Gasteiger partial charge in [0.2, 0.25) is 5.91 Å². The molecule has 3 nitrogen and oxygen atoms in total. The number of nitrogens with two attached hydrogens (primary N) is 1. The summed E-state index contributed by atoms with van der Waals surface area (Å²) in [7, 11) is 0. The van der Waals surface area contributed by atoms with Gasteiger partial charge in [0.25, 0.3) is 0 Å². The molecule has 110 valence electrons. The maximum atomic E-state index is 13.5. The second kappa shape index (κ2) is 6.33. The number of primary amides is 1. The Hall–Kier alpha value is -1.78. The van der Waals surface area contributed by atoms with Crippen molar-refractivity contribution >= 4 is 34.8 Å². The summed E-state index contributed by atoms with van der Waals surface area (Å²) in [6, 6.07) is 9.11. The number of benzene rings is 2. The van der Waals surface area contributed by atoms with Gasteiger partial charge in [-0.1, -0.05) is 23.2 Å². The normalized spacial score (nSPS) is 12.0. The number of anilines is 1. The van der Waals surface area contributed by atoms with Gasteiger partial charge in [-0.05, 0) is 48.9 Å². The molecule has 2 aromatic rings. The molecule has 0 radical (unpaired) electrons. The van der Waals surface area contributed by atoms with Crippen LogP contribution in [0.25, 0.3) is 0 Å². The number of halogens is 3. The lowest BCUT2D eigenvalue weighted by molar-refractivity contribution is 0.100. The highest BCUT2D eigenvalue weighted by Gasteiger charge is 2.13. The van der Waals surface area contributed by atoms with E-state index in [1.807, 2.05) is 6.92 Å². The number of carbonyl (C=O) groups excluding carboxylic acids is 1. The van der Waals surface area contributed by atoms with E-state index in [1.165, 1.54) is 12.1 Å². The van der Waals surface area contributed by atoms with E-state index in [0.29, 0.717) is 16.1 Å². The van der Waals surface area contributed by atoms with Crippen LogP contribution in [0.5, 0.6) is 0 Å². The summed E-state index contributed by atoms with van der Waals surface area (Å²) in [5.41, 5.74) is 6.95. The first-order valence-electron chi connectivity index (χ1n) is 6.19. The Kier molecular flexibility index (Phi) is 4.70. The first-order valence-corrected chi connectivity index (χ1v) is 6.95. The second-order valence-corrected chi connectivity index (χ2v) is 5.41. The van der Waals surface area contributed by atoms with Gasteiger partial charge >= 0.3 is 0 Å². The molecule has 1 atom stereocenters. The topological polar surface area (TPSA) is 55.1 Å². The first-order chi connectivity index (χ1) is 9.88. The predicted octanol–water partition coefficient (Wildman–Crippen LogP) is 4.40. The fraction of sp³-hybridized carbons (Fsp3) is 0.133. The van der Waals surface area contributed by atoms with Gasteiger partial charge in [-0.15, -0.1) is 0 Å². The molecule has 2 aromatic carbocycles. The van der Waals surface area contributed by atoms with Crippen molar-refractivity contribution in [1.29, 1.82) is 0 Å². The quantitative estimate of drug-likeness (QED) is 0.818. The summed E-state index contributed by atoms with van der Waals surface area (Å²) in [6.45, 7) is 1.84. The summed E-state index contributed by atoms with van der Waals surface area (Å²) in [6.07, 6.45) is 0. The van der Waals surface area contributed by atoms with Gasteiger partial charge in [-0.3, -0.25) is 4.79 Å². The van der Waals surface area contributed by atoms with Gasteiger partial charge in [0, 0.05) is 16.3 Å². The summed E-state index contributed by atoms with van der Waals surface area (Å²) in [5, 5.41) is 3.54. The van der Waals surface area contributed by atoms with Crippen molar-refractivity contribution in [3.05, 3.63) is 63.4 Å². The van der Waals surface area contributed by atoms with Gasteiger partial charge in [0.1, 0.15) is 5.82 Å². The summed E-state index contributed by atoms with van der Waals surface area (Å²) >= 11 is 11.8. The molecule has 0 fully saturated rings. The van der Waals surface area contributed by atoms with Crippen molar-refractivity contribution in [2.24, 2.45) is 5.73 Å². The third-order valence-corrected chi connectivity index (χ3v) is 3.68. The maximum absolute atomic E-state index is 13.5. The average molecular weight is 327 g/mol. The van der Waals surface area contributed by atoms with E-state index in [0.717, 1.165) is 5.69 Å². The van der Waals surface area contributed by atoms with Crippen LogP contribution in [0.4, 0.5) is 10.1 Å². The Morgan fingerprint density at radius 1 is 1.19 bits per heavy atom. The number of amides is 1. The van der Waals surface area contributed by atoms with Crippen LogP contribution in [-0.4, -0.2) is 5.91 Å². The van der Waals surface area contributed by atoms with E-state index in [-0.39, 0.29) is 11.1 Å². The van der Waals surface area contributed by atoms with E-state index < -0.39 is 11.7 Å². The van der Waals surface area contributed by atoms with Gasteiger partial charge in [0.15, 0.2) is 0 Å². The minimum absolute atomic E-state index is 0.0123. The van der Waals surface area contributed by atoms with E-state index >= 15 is 0 Å². The lowest BCUT2D eigenvalue weighted by Gasteiger charge is -2.17. The molecule has 6 heteroatoms. The molecule has 0 bridgehead atoms. The van der Waals surface area contributed by atoms with Crippen molar-refractivity contribution in [1.82, 2.24) is 0 Å². The van der Waals surface area contributed by atoms with Gasteiger partial charge < -0.3 is 11.1 Å². The first kappa shape index (κ1) is 15.6. The standard InChI is InChI=1S/C15H13Cl2FN2O/c1-8(11-6-14(18)13(17)7-12(11)16)20-10-4-2-9(3-5-10)15(19)21/h2-8,20H,1H3,(H2,19,21). The van der Waals surface area contributed by atoms with Crippen LogP contribution in [0.2, 0.25) is 10.0 Å². The molecule has 2 rings (SSSR count). The molecule has 0 aliphatic heterocycles. The zero-order chi connectivity index (χ0) is 15.6. The van der Waals surface area contributed by atoms with Crippen LogP contribution < -0.4 is 11.1 Å². The summed E-state index contributed by atoms with van der Waals surface area (Å²) < 4.78 is 13.5. The van der Waals surface area contributed by atoms with E-state index in [2.05, 4.69) is 5.32 Å². The smallest absolute Gasteiger partial charge is 0.248 e. The van der Waals surface area contributed by atoms with Crippen molar-refractivity contribution in [2.45, 2.75) is 13.0 Å². The van der Waals surface area contributed by atoms with Crippen LogP contribution in [0.1, 0.15) is 28.9 Å². The van der Waals surface area contributed by atoms with Gasteiger partial charge in [0.05, 0.1) is 11.1 Å². The zero-order valence-corrected chi connectivity index (χ0v) is 12.7. The van der Waals surface area contributed by atoms with Gasteiger partial charge in [-0.25, -0.2) is 4.39 Å². The minimum Gasteiger partial charge on any atom is -0.378 e. The van der Waals surface area contributed by atoms with Gasteiger partial charge in [-0.2, -0.15) is 0 Å². The Labute approximate surface area is 131 Å². The van der Waals surface area contributed by atoms with E-state index in [4.69, 9.17) is 28.9 Å². The molecule has 0 saturated heterocycles. The van der Waals surface area contributed by atoms with Crippen molar-refractivity contribution in [2.75, 3.05) is 5.32 Å². The van der Waals surface area contributed by atoms with Crippen LogP contribution in [-0.2, 0) is 0 Å².